The number of carbonyl (C=O) groups is 1. The van der Waals surface area contributed by atoms with Crippen molar-refractivity contribution in [2.45, 2.75) is 13.3 Å². The molecule has 1 aromatic carbocycles. The normalized spacial score (nSPS) is 10.1. The van der Waals surface area contributed by atoms with Crippen LogP contribution in [-0.2, 0) is 4.79 Å². The summed E-state index contributed by atoms with van der Waals surface area (Å²) in [6.45, 7) is 2.06. The molecule has 0 aliphatic rings. The molecule has 0 aromatic heterocycles. The van der Waals surface area contributed by atoms with Gasteiger partial charge >= 0.3 is 5.97 Å². The summed E-state index contributed by atoms with van der Waals surface area (Å²) in [6.07, 6.45) is 0.0217. The summed E-state index contributed by atoms with van der Waals surface area (Å²) in [6, 6.07) is 7.63. The second kappa shape index (κ2) is 6.10. The van der Waals surface area contributed by atoms with Crippen molar-refractivity contribution < 1.29 is 14.3 Å². The zero-order chi connectivity index (χ0) is 12.0. The van der Waals surface area contributed by atoms with Crippen LogP contribution in [0.4, 0.5) is 10.1 Å². The van der Waals surface area contributed by atoms with Gasteiger partial charge < -0.3 is 10.0 Å². The Hall–Kier alpha value is -1.58. The molecule has 3 nitrogen and oxygen atoms in total. The molecule has 0 saturated carbocycles. The van der Waals surface area contributed by atoms with Crippen molar-refractivity contribution in [1.29, 1.82) is 0 Å². The lowest BCUT2D eigenvalue weighted by molar-refractivity contribution is -0.136. The van der Waals surface area contributed by atoms with Gasteiger partial charge in [0.05, 0.1) is 6.42 Å². The molecule has 0 amide bonds. The van der Waals surface area contributed by atoms with E-state index in [0.717, 1.165) is 11.3 Å². The predicted octanol–water partition coefficient (Wildman–Crippen LogP) is 2.25. The zero-order valence-electron chi connectivity index (χ0n) is 9.32. The molecule has 1 rings (SSSR count). The average Bonchev–Trinajstić information content (AvgIpc) is 2.25. The van der Waals surface area contributed by atoms with E-state index in [9.17, 15) is 9.18 Å². The van der Waals surface area contributed by atoms with Crippen molar-refractivity contribution in [3.8, 4) is 0 Å². The maximum Gasteiger partial charge on any atom is 0.305 e. The molecule has 1 N–H and O–H groups in total. The van der Waals surface area contributed by atoms with Crippen LogP contribution in [0.1, 0.15) is 12.0 Å². The van der Waals surface area contributed by atoms with E-state index in [1.165, 1.54) is 0 Å². The highest BCUT2D eigenvalue weighted by Crippen LogP contribution is 2.15. The number of aliphatic carboxylic acids is 1. The molecule has 16 heavy (non-hydrogen) atoms. The van der Waals surface area contributed by atoms with Gasteiger partial charge in [-0.2, -0.15) is 0 Å². The molecular formula is C12H16FNO2. The molecule has 4 heteroatoms. The van der Waals surface area contributed by atoms with Gasteiger partial charge in [-0.25, -0.2) is 4.39 Å². The Balaban J connectivity index is 2.68. The highest BCUT2D eigenvalue weighted by atomic mass is 19.1. The van der Waals surface area contributed by atoms with Crippen molar-refractivity contribution in [3.05, 3.63) is 29.8 Å². The van der Waals surface area contributed by atoms with Crippen LogP contribution in [0.3, 0.4) is 0 Å². The lowest BCUT2D eigenvalue weighted by atomic mass is 10.2. The van der Waals surface area contributed by atoms with Gasteiger partial charge in [-0.15, -0.1) is 0 Å². The van der Waals surface area contributed by atoms with E-state index >= 15 is 0 Å². The van der Waals surface area contributed by atoms with E-state index in [2.05, 4.69) is 0 Å². The summed E-state index contributed by atoms with van der Waals surface area (Å²) in [7, 11) is 0. The number of nitrogens with zero attached hydrogens (tertiary/aromatic N) is 1. The van der Waals surface area contributed by atoms with E-state index in [1.807, 2.05) is 31.2 Å². The summed E-state index contributed by atoms with van der Waals surface area (Å²) in [5.74, 6) is -0.865. The third kappa shape index (κ3) is 3.88. The van der Waals surface area contributed by atoms with Gasteiger partial charge in [-0.3, -0.25) is 4.79 Å². The maximum absolute atomic E-state index is 12.3. The first kappa shape index (κ1) is 12.5. The quantitative estimate of drug-likeness (QED) is 0.807. The minimum absolute atomic E-state index is 0.0217. The van der Waals surface area contributed by atoms with Crippen molar-refractivity contribution in [2.24, 2.45) is 0 Å². The number of hydrogen-bond donors (Lipinski definition) is 1. The summed E-state index contributed by atoms with van der Waals surface area (Å²) >= 11 is 0. The highest BCUT2D eigenvalue weighted by Gasteiger charge is 2.08. The van der Waals surface area contributed by atoms with E-state index in [0.29, 0.717) is 6.54 Å². The number of alkyl halides is 1. The van der Waals surface area contributed by atoms with Gasteiger partial charge in [0.2, 0.25) is 0 Å². The molecule has 0 heterocycles. The molecule has 0 aliphatic heterocycles. The number of anilines is 1. The van der Waals surface area contributed by atoms with E-state index in [4.69, 9.17) is 5.11 Å². The van der Waals surface area contributed by atoms with Gasteiger partial charge in [0.15, 0.2) is 0 Å². The van der Waals surface area contributed by atoms with Gasteiger partial charge in [0, 0.05) is 18.8 Å². The fourth-order valence-electron chi connectivity index (χ4n) is 1.46. The third-order valence-corrected chi connectivity index (χ3v) is 2.35. The van der Waals surface area contributed by atoms with Crippen LogP contribution in [-0.4, -0.2) is 30.8 Å². The Labute approximate surface area is 94.5 Å². The number of halogens is 1. The number of carboxylic acid groups (broad SMARTS) is 1. The molecule has 0 radical (unpaired) electrons. The lowest BCUT2D eigenvalue weighted by Gasteiger charge is -2.22. The fourth-order valence-corrected chi connectivity index (χ4v) is 1.46. The van der Waals surface area contributed by atoms with E-state index < -0.39 is 12.6 Å². The molecule has 0 atom stereocenters. The number of hydrogen-bond acceptors (Lipinski definition) is 2. The Morgan fingerprint density at radius 1 is 1.31 bits per heavy atom. The first-order valence-corrected chi connectivity index (χ1v) is 5.23. The van der Waals surface area contributed by atoms with Crippen LogP contribution >= 0.6 is 0 Å². The standard InChI is InChI=1S/C12H16FNO2/c1-10-2-4-11(5-3-10)14(9-7-13)8-6-12(15)16/h2-5H,6-9H2,1H3,(H,15,16). The Kier molecular flexibility index (Phi) is 4.76. The van der Waals surface area contributed by atoms with Crippen LogP contribution in [0, 0.1) is 6.92 Å². The Morgan fingerprint density at radius 3 is 2.44 bits per heavy atom. The predicted molar refractivity (Wildman–Crippen MR) is 61.6 cm³/mol. The molecule has 0 aliphatic carbocycles. The first-order chi connectivity index (χ1) is 7.63. The largest absolute Gasteiger partial charge is 0.481 e. The molecule has 0 bridgehead atoms. The van der Waals surface area contributed by atoms with Crippen LogP contribution in [0.15, 0.2) is 24.3 Å². The maximum atomic E-state index is 12.3. The second-order valence-electron chi connectivity index (χ2n) is 3.66. The minimum atomic E-state index is -0.865. The van der Waals surface area contributed by atoms with Crippen molar-refractivity contribution in [3.63, 3.8) is 0 Å². The number of carboxylic acids is 1. The van der Waals surface area contributed by atoms with Crippen molar-refractivity contribution in [1.82, 2.24) is 0 Å². The van der Waals surface area contributed by atoms with Crippen LogP contribution in [0.5, 0.6) is 0 Å². The smallest absolute Gasteiger partial charge is 0.305 e. The third-order valence-electron chi connectivity index (χ3n) is 2.35. The summed E-state index contributed by atoms with van der Waals surface area (Å²) in [5, 5.41) is 8.60. The second-order valence-corrected chi connectivity index (χ2v) is 3.66. The first-order valence-electron chi connectivity index (χ1n) is 5.23. The zero-order valence-corrected chi connectivity index (χ0v) is 9.32. The Morgan fingerprint density at radius 2 is 1.94 bits per heavy atom. The topological polar surface area (TPSA) is 40.5 Å². The molecular weight excluding hydrogens is 209 g/mol. The van der Waals surface area contributed by atoms with Crippen LogP contribution in [0.25, 0.3) is 0 Å². The summed E-state index contributed by atoms with van der Waals surface area (Å²) < 4.78 is 12.3. The Bertz CT molecular complexity index is 337. The number of rotatable bonds is 6. The van der Waals surface area contributed by atoms with Gasteiger partial charge in [0.1, 0.15) is 6.67 Å². The highest BCUT2D eigenvalue weighted by molar-refractivity contribution is 5.67. The van der Waals surface area contributed by atoms with E-state index in [1.54, 1.807) is 4.90 Å². The fraction of sp³-hybridized carbons (Fsp3) is 0.417. The molecule has 1 aromatic rings. The van der Waals surface area contributed by atoms with Gasteiger partial charge in [-0.1, -0.05) is 17.7 Å². The molecule has 0 unspecified atom stereocenters. The molecule has 0 saturated heterocycles. The number of benzene rings is 1. The van der Waals surface area contributed by atoms with Crippen LogP contribution < -0.4 is 4.90 Å². The average molecular weight is 225 g/mol. The lowest BCUT2D eigenvalue weighted by Crippen LogP contribution is -2.28. The van der Waals surface area contributed by atoms with E-state index in [-0.39, 0.29) is 13.0 Å². The monoisotopic (exact) mass is 225 g/mol. The molecule has 0 spiro atoms. The summed E-state index contributed by atoms with van der Waals surface area (Å²) in [4.78, 5) is 12.2. The van der Waals surface area contributed by atoms with Crippen molar-refractivity contribution >= 4 is 11.7 Å². The van der Waals surface area contributed by atoms with Gasteiger partial charge in [-0.05, 0) is 19.1 Å². The van der Waals surface area contributed by atoms with Crippen LogP contribution in [0.2, 0.25) is 0 Å². The number of aryl methyl sites for hydroxylation is 1. The van der Waals surface area contributed by atoms with Gasteiger partial charge in [0.25, 0.3) is 0 Å². The van der Waals surface area contributed by atoms with Crippen molar-refractivity contribution in [2.75, 3.05) is 24.7 Å². The molecule has 88 valence electrons. The minimum Gasteiger partial charge on any atom is -0.481 e. The molecule has 0 fully saturated rings. The summed E-state index contributed by atoms with van der Waals surface area (Å²) in [5.41, 5.74) is 1.99. The SMILES string of the molecule is Cc1ccc(N(CCF)CCC(=O)O)cc1.